The molecule has 3 N–H and O–H groups in total. The molecule has 0 saturated carbocycles. The molecule has 3 aliphatic heterocycles. The number of cyclic esters (lactones) is 1. The van der Waals surface area contributed by atoms with Crippen LogP contribution < -0.4 is 16.0 Å². The summed E-state index contributed by atoms with van der Waals surface area (Å²) >= 11 is 0. The van der Waals surface area contributed by atoms with Gasteiger partial charge >= 0.3 is 6.09 Å². The zero-order chi connectivity index (χ0) is 20.6. The molecular formula is C19H24FN5O4. The van der Waals surface area contributed by atoms with Crippen LogP contribution in [0, 0.1) is 11.7 Å². The summed E-state index contributed by atoms with van der Waals surface area (Å²) in [5.41, 5.74) is 4.56. The highest BCUT2D eigenvalue weighted by molar-refractivity contribution is 6.05. The Bertz CT molecular complexity index is 844. The molecule has 0 bridgehead atoms. The lowest BCUT2D eigenvalue weighted by atomic mass is 9.88. The van der Waals surface area contributed by atoms with Crippen molar-refractivity contribution < 1.29 is 23.5 Å². The average molecular weight is 405 g/mol. The summed E-state index contributed by atoms with van der Waals surface area (Å²) in [4.78, 5) is 33.1. The van der Waals surface area contributed by atoms with Crippen LogP contribution >= 0.6 is 0 Å². The maximum absolute atomic E-state index is 14.1. The molecule has 29 heavy (non-hydrogen) atoms. The van der Waals surface area contributed by atoms with E-state index in [1.807, 2.05) is 4.90 Å². The summed E-state index contributed by atoms with van der Waals surface area (Å²) in [5.74, 6) is -1.64. The zero-order valence-corrected chi connectivity index (χ0v) is 16.1. The predicted molar refractivity (Wildman–Crippen MR) is 103 cm³/mol. The van der Waals surface area contributed by atoms with Gasteiger partial charge in [-0.25, -0.2) is 19.1 Å². The summed E-state index contributed by atoms with van der Waals surface area (Å²) < 4.78 is 25.6. The van der Waals surface area contributed by atoms with E-state index in [9.17, 15) is 14.0 Å². The van der Waals surface area contributed by atoms with Crippen LogP contribution in [0.5, 0.6) is 0 Å². The number of carbonyl (C=O) groups is 2. The number of benzene rings is 1. The highest BCUT2D eigenvalue weighted by Crippen LogP contribution is 2.43. The van der Waals surface area contributed by atoms with Crippen LogP contribution in [0.15, 0.2) is 29.3 Å². The molecule has 2 amide bonds. The molecule has 0 spiro atoms. The molecule has 3 aliphatic rings. The van der Waals surface area contributed by atoms with Crippen LogP contribution in [0.4, 0.5) is 14.9 Å². The fraction of sp³-hybridized carbons (Fsp3) is 0.526. The maximum Gasteiger partial charge on any atom is 0.416 e. The van der Waals surface area contributed by atoms with Crippen LogP contribution in [0.1, 0.15) is 6.92 Å². The number of nitrogens with two attached hydrogens (primary N) is 1. The normalized spacial score (nSPS) is 28.6. The summed E-state index contributed by atoms with van der Waals surface area (Å²) in [5, 5.41) is 3.27. The monoisotopic (exact) mass is 405 g/mol. The number of hydrogen-bond donors (Lipinski definition) is 2. The molecular weight excluding hydrogens is 381 g/mol. The molecule has 0 aromatic heterocycles. The van der Waals surface area contributed by atoms with E-state index in [0.29, 0.717) is 45.0 Å². The van der Waals surface area contributed by atoms with E-state index in [0.717, 1.165) is 0 Å². The first-order valence-corrected chi connectivity index (χ1v) is 9.65. The number of amides is 2. The topological polar surface area (TPSA) is 109 Å². The molecule has 0 radical (unpaired) electrons. The molecule has 0 aliphatic carbocycles. The van der Waals surface area contributed by atoms with Crippen molar-refractivity contribution in [1.82, 2.24) is 10.2 Å². The van der Waals surface area contributed by atoms with E-state index >= 15 is 0 Å². The second kappa shape index (κ2) is 7.60. The van der Waals surface area contributed by atoms with E-state index in [2.05, 4.69) is 10.3 Å². The molecule has 3 unspecified atom stereocenters. The molecule has 1 aromatic carbocycles. The SMILES string of the molecule is CC(C(N)=O)C1OC(=O)N(c2cccc(F)c2)C1(C1=NCCO1)N1CCNCC1. The standard InChI is InChI=1S/C19H24FN5O4/c1-12(16(21)26)15-19(17-23-7-10-28-17,24-8-5-22-6-9-24)25(18(27)29-15)14-4-2-3-13(20)11-14/h2-4,11-12,15,22H,5-10H2,1H3,(H2,21,26). The number of primary amides is 1. The Morgan fingerprint density at radius 2 is 2.17 bits per heavy atom. The summed E-state index contributed by atoms with van der Waals surface area (Å²) in [6.07, 6.45) is -1.67. The van der Waals surface area contributed by atoms with Crippen molar-refractivity contribution >= 4 is 23.6 Å². The Hall–Kier alpha value is -2.72. The van der Waals surface area contributed by atoms with Crippen LogP contribution in [0.2, 0.25) is 0 Å². The molecule has 3 atom stereocenters. The third-order valence-electron chi connectivity index (χ3n) is 5.62. The first kappa shape index (κ1) is 19.6. The van der Waals surface area contributed by atoms with Crippen molar-refractivity contribution in [3.05, 3.63) is 30.1 Å². The van der Waals surface area contributed by atoms with Gasteiger partial charge in [0.1, 0.15) is 12.4 Å². The number of halogens is 1. The second-order valence-corrected chi connectivity index (χ2v) is 7.31. The lowest BCUT2D eigenvalue weighted by Gasteiger charge is -2.48. The average Bonchev–Trinajstić information content (AvgIpc) is 3.34. The first-order chi connectivity index (χ1) is 14.0. The Morgan fingerprint density at radius 3 is 2.79 bits per heavy atom. The lowest BCUT2D eigenvalue weighted by molar-refractivity contribution is -0.126. The summed E-state index contributed by atoms with van der Waals surface area (Å²) in [6.45, 7) is 4.81. The van der Waals surface area contributed by atoms with Crippen molar-refractivity contribution in [2.45, 2.75) is 18.7 Å². The number of carbonyl (C=O) groups excluding carboxylic acids is 2. The highest BCUT2D eigenvalue weighted by Gasteiger charge is 2.66. The van der Waals surface area contributed by atoms with Gasteiger partial charge in [0.15, 0.2) is 6.10 Å². The Labute approximate surface area is 167 Å². The quantitative estimate of drug-likeness (QED) is 0.729. The van der Waals surface area contributed by atoms with Crippen molar-refractivity contribution in [1.29, 1.82) is 0 Å². The van der Waals surface area contributed by atoms with Crippen molar-refractivity contribution in [3.63, 3.8) is 0 Å². The molecule has 3 heterocycles. The summed E-state index contributed by atoms with van der Waals surface area (Å²) in [7, 11) is 0. The van der Waals surface area contributed by atoms with Crippen molar-refractivity contribution in [2.24, 2.45) is 16.6 Å². The van der Waals surface area contributed by atoms with Crippen LogP contribution in [0.25, 0.3) is 0 Å². The molecule has 9 nitrogen and oxygen atoms in total. The third-order valence-corrected chi connectivity index (χ3v) is 5.62. The molecule has 2 fully saturated rings. The van der Waals surface area contributed by atoms with Gasteiger partial charge in [0.2, 0.25) is 17.5 Å². The van der Waals surface area contributed by atoms with Gasteiger partial charge in [-0.15, -0.1) is 0 Å². The minimum Gasteiger partial charge on any atom is -0.476 e. The van der Waals surface area contributed by atoms with Gasteiger partial charge in [0.25, 0.3) is 0 Å². The van der Waals surface area contributed by atoms with Gasteiger partial charge in [0.05, 0.1) is 18.2 Å². The Kier molecular flexibility index (Phi) is 5.13. The molecule has 156 valence electrons. The second-order valence-electron chi connectivity index (χ2n) is 7.31. The minimum atomic E-state index is -1.34. The number of rotatable bonds is 5. The number of piperazine rings is 1. The van der Waals surface area contributed by atoms with Crippen LogP contribution in [-0.2, 0) is 14.3 Å². The largest absolute Gasteiger partial charge is 0.476 e. The lowest BCUT2D eigenvalue weighted by Crippen LogP contribution is -2.72. The first-order valence-electron chi connectivity index (χ1n) is 9.65. The Balaban J connectivity index is 1.94. The smallest absolute Gasteiger partial charge is 0.416 e. The number of aliphatic imine (C=N–C) groups is 1. The van der Waals surface area contributed by atoms with E-state index in [4.69, 9.17) is 15.2 Å². The number of anilines is 1. The van der Waals surface area contributed by atoms with E-state index < -0.39 is 35.5 Å². The number of nitrogens with one attached hydrogen (secondary N) is 1. The van der Waals surface area contributed by atoms with Crippen molar-refractivity contribution in [2.75, 3.05) is 44.2 Å². The fourth-order valence-electron chi connectivity index (χ4n) is 4.26. The minimum absolute atomic E-state index is 0.285. The molecule has 4 rings (SSSR count). The maximum atomic E-state index is 14.1. The van der Waals surface area contributed by atoms with E-state index in [-0.39, 0.29) is 5.90 Å². The Morgan fingerprint density at radius 1 is 1.41 bits per heavy atom. The third kappa shape index (κ3) is 3.12. The van der Waals surface area contributed by atoms with Crippen LogP contribution in [-0.4, -0.2) is 73.9 Å². The molecule has 10 heteroatoms. The van der Waals surface area contributed by atoms with Gasteiger partial charge in [-0.05, 0) is 25.1 Å². The zero-order valence-electron chi connectivity index (χ0n) is 16.1. The summed E-state index contributed by atoms with van der Waals surface area (Å²) in [6, 6.07) is 5.69. The van der Waals surface area contributed by atoms with Gasteiger partial charge in [-0.2, -0.15) is 0 Å². The van der Waals surface area contributed by atoms with Gasteiger partial charge < -0.3 is 20.5 Å². The highest BCUT2D eigenvalue weighted by atomic mass is 19.1. The predicted octanol–water partition coefficient (Wildman–Crippen LogP) is 0.303. The number of ether oxygens (including phenoxy) is 2. The number of hydrogen-bond acceptors (Lipinski definition) is 7. The van der Waals surface area contributed by atoms with Gasteiger partial charge in [0, 0.05) is 26.2 Å². The van der Waals surface area contributed by atoms with Gasteiger partial charge in [-0.1, -0.05) is 6.07 Å². The number of nitrogens with zero attached hydrogens (tertiary/aromatic N) is 3. The molecule has 2 saturated heterocycles. The van der Waals surface area contributed by atoms with Gasteiger partial charge in [-0.3, -0.25) is 9.69 Å². The fourth-order valence-corrected chi connectivity index (χ4v) is 4.26. The van der Waals surface area contributed by atoms with E-state index in [1.54, 1.807) is 13.0 Å². The van der Waals surface area contributed by atoms with Crippen molar-refractivity contribution in [3.8, 4) is 0 Å². The van der Waals surface area contributed by atoms with E-state index in [1.165, 1.54) is 23.1 Å². The molecule has 1 aromatic rings. The van der Waals surface area contributed by atoms with Crippen LogP contribution in [0.3, 0.4) is 0 Å².